The molecule has 0 aliphatic carbocycles. The molecule has 1 aromatic heterocycles. The normalized spacial score (nSPS) is 12.5. The van der Waals surface area contributed by atoms with Crippen LogP contribution in [0.2, 0.25) is 0 Å². The van der Waals surface area contributed by atoms with Gasteiger partial charge in [-0.25, -0.2) is 4.79 Å². The molecular weight excluding hydrogens is 360 g/mol. The van der Waals surface area contributed by atoms with Gasteiger partial charge in [0.2, 0.25) is 0 Å². The SMILES string of the molecule is CC(C)=CCC/C(C)=C/CC/C(C)=C/Cc1c(O)c2cc(C)c(C)cc2oc1=O. The molecule has 1 heterocycles. The Kier molecular flexibility index (Phi) is 8.07. The molecule has 3 nitrogen and oxygen atoms in total. The van der Waals surface area contributed by atoms with E-state index in [1.807, 2.05) is 32.1 Å². The van der Waals surface area contributed by atoms with Crippen LogP contribution in [0.1, 0.15) is 70.1 Å². The van der Waals surface area contributed by atoms with Crippen molar-refractivity contribution < 1.29 is 9.52 Å². The molecule has 29 heavy (non-hydrogen) atoms. The maximum absolute atomic E-state index is 12.3. The molecule has 0 aliphatic heterocycles. The van der Waals surface area contributed by atoms with Gasteiger partial charge in [-0.05, 0) is 90.5 Å². The Morgan fingerprint density at radius 3 is 2.17 bits per heavy atom. The van der Waals surface area contributed by atoms with E-state index in [4.69, 9.17) is 4.42 Å². The highest BCUT2D eigenvalue weighted by Crippen LogP contribution is 2.29. The fraction of sp³-hybridized carbons (Fsp3) is 0.423. The van der Waals surface area contributed by atoms with Crippen molar-refractivity contribution in [1.29, 1.82) is 0 Å². The first kappa shape index (κ1) is 22.7. The third-order valence-corrected chi connectivity index (χ3v) is 5.36. The van der Waals surface area contributed by atoms with Gasteiger partial charge in [-0.15, -0.1) is 0 Å². The number of fused-ring (bicyclic) bond motifs is 1. The molecule has 0 atom stereocenters. The quantitative estimate of drug-likeness (QED) is 0.384. The molecule has 2 rings (SSSR count). The Hall–Kier alpha value is -2.55. The van der Waals surface area contributed by atoms with Crippen molar-refractivity contribution in [2.24, 2.45) is 0 Å². The predicted molar refractivity (Wildman–Crippen MR) is 123 cm³/mol. The minimum absolute atomic E-state index is 0.0402. The molecule has 3 heteroatoms. The van der Waals surface area contributed by atoms with Crippen LogP contribution < -0.4 is 5.63 Å². The molecule has 1 aromatic carbocycles. The van der Waals surface area contributed by atoms with Gasteiger partial charge in [0.1, 0.15) is 11.3 Å². The van der Waals surface area contributed by atoms with Crippen LogP contribution in [0.15, 0.2) is 56.3 Å². The van der Waals surface area contributed by atoms with Gasteiger partial charge in [0, 0.05) is 6.42 Å². The molecule has 0 saturated heterocycles. The van der Waals surface area contributed by atoms with Crippen molar-refractivity contribution in [1.82, 2.24) is 0 Å². The number of rotatable bonds is 8. The Labute approximate surface area is 174 Å². The number of hydrogen-bond acceptors (Lipinski definition) is 3. The van der Waals surface area contributed by atoms with E-state index in [0.717, 1.165) is 36.8 Å². The third-order valence-electron chi connectivity index (χ3n) is 5.36. The van der Waals surface area contributed by atoms with Crippen molar-refractivity contribution in [2.45, 2.75) is 73.6 Å². The summed E-state index contributed by atoms with van der Waals surface area (Å²) >= 11 is 0. The number of benzene rings is 1. The molecule has 0 unspecified atom stereocenters. The first-order chi connectivity index (χ1) is 13.7. The zero-order valence-corrected chi connectivity index (χ0v) is 18.7. The summed E-state index contributed by atoms with van der Waals surface area (Å²) in [6, 6.07) is 3.69. The summed E-state index contributed by atoms with van der Waals surface area (Å²) in [5, 5.41) is 11.2. The van der Waals surface area contributed by atoms with Gasteiger partial charge in [-0.3, -0.25) is 0 Å². The van der Waals surface area contributed by atoms with Crippen LogP contribution in [-0.2, 0) is 6.42 Å². The van der Waals surface area contributed by atoms with Crippen LogP contribution in [0, 0.1) is 13.8 Å². The van der Waals surface area contributed by atoms with E-state index < -0.39 is 5.63 Å². The van der Waals surface area contributed by atoms with Crippen LogP contribution >= 0.6 is 0 Å². The minimum atomic E-state index is -0.461. The molecule has 156 valence electrons. The van der Waals surface area contributed by atoms with Crippen molar-refractivity contribution in [3.63, 3.8) is 0 Å². The molecule has 0 radical (unpaired) electrons. The summed E-state index contributed by atoms with van der Waals surface area (Å²) in [4.78, 5) is 12.3. The van der Waals surface area contributed by atoms with Gasteiger partial charge in [-0.1, -0.05) is 34.9 Å². The fourth-order valence-electron chi connectivity index (χ4n) is 3.28. The van der Waals surface area contributed by atoms with E-state index in [1.54, 1.807) is 0 Å². The number of aryl methyl sites for hydroxylation is 2. The van der Waals surface area contributed by atoms with E-state index >= 15 is 0 Å². The average Bonchev–Trinajstić information content (AvgIpc) is 2.63. The zero-order valence-electron chi connectivity index (χ0n) is 18.7. The molecule has 0 spiro atoms. The standard InChI is InChI=1S/C26H34O3/c1-17(2)9-7-10-18(3)11-8-12-19(4)13-14-22-25(27)23-15-20(5)21(6)16-24(23)29-26(22)28/h9,11,13,15-16,27H,7-8,10,12,14H2,1-6H3/b18-11+,19-13+. The molecule has 0 bridgehead atoms. The Balaban J connectivity index is 2.05. The Bertz CT molecular complexity index is 1010. The minimum Gasteiger partial charge on any atom is -0.507 e. The van der Waals surface area contributed by atoms with E-state index in [2.05, 4.69) is 39.8 Å². The second kappa shape index (κ2) is 10.3. The molecular formula is C26H34O3. The summed E-state index contributed by atoms with van der Waals surface area (Å²) in [5.74, 6) is 0.0402. The highest BCUT2D eigenvalue weighted by molar-refractivity contribution is 5.85. The van der Waals surface area contributed by atoms with Crippen molar-refractivity contribution in [2.75, 3.05) is 0 Å². The Morgan fingerprint density at radius 1 is 0.931 bits per heavy atom. The molecule has 0 saturated carbocycles. The monoisotopic (exact) mass is 394 g/mol. The second-order valence-electron chi connectivity index (χ2n) is 8.31. The van der Waals surface area contributed by atoms with Crippen LogP contribution in [-0.4, -0.2) is 5.11 Å². The lowest BCUT2D eigenvalue weighted by atomic mass is 10.0. The summed E-state index contributed by atoms with van der Waals surface area (Å²) < 4.78 is 5.45. The highest BCUT2D eigenvalue weighted by Gasteiger charge is 2.14. The molecule has 0 fully saturated rings. The van der Waals surface area contributed by atoms with Gasteiger partial charge < -0.3 is 9.52 Å². The highest BCUT2D eigenvalue weighted by atomic mass is 16.4. The van der Waals surface area contributed by atoms with Crippen molar-refractivity contribution in [3.8, 4) is 5.75 Å². The van der Waals surface area contributed by atoms with Crippen LogP contribution in [0.5, 0.6) is 5.75 Å². The predicted octanol–water partition coefficient (Wildman–Crippen LogP) is 7.08. The summed E-state index contributed by atoms with van der Waals surface area (Å²) in [6.45, 7) is 12.5. The van der Waals surface area contributed by atoms with Gasteiger partial charge >= 0.3 is 5.63 Å². The summed E-state index contributed by atoms with van der Waals surface area (Å²) in [6.07, 6.45) is 11.1. The molecule has 1 N–H and O–H groups in total. The zero-order chi connectivity index (χ0) is 21.6. The summed E-state index contributed by atoms with van der Waals surface area (Å²) in [7, 11) is 0. The lowest BCUT2D eigenvalue weighted by molar-refractivity contribution is 0.459. The lowest BCUT2D eigenvalue weighted by Crippen LogP contribution is -2.07. The smallest absolute Gasteiger partial charge is 0.343 e. The van der Waals surface area contributed by atoms with Gasteiger partial charge in [0.25, 0.3) is 0 Å². The van der Waals surface area contributed by atoms with Crippen molar-refractivity contribution >= 4 is 11.0 Å². The first-order valence-electron chi connectivity index (χ1n) is 10.4. The lowest BCUT2D eigenvalue weighted by Gasteiger charge is -2.08. The molecule has 2 aromatic rings. The van der Waals surface area contributed by atoms with E-state index in [9.17, 15) is 9.90 Å². The van der Waals surface area contributed by atoms with Gasteiger partial charge in [0.15, 0.2) is 0 Å². The van der Waals surface area contributed by atoms with Crippen LogP contribution in [0.3, 0.4) is 0 Å². The number of aromatic hydroxyl groups is 1. The average molecular weight is 395 g/mol. The number of allylic oxidation sites excluding steroid dienone is 6. The topological polar surface area (TPSA) is 50.4 Å². The maximum Gasteiger partial charge on any atom is 0.343 e. The maximum atomic E-state index is 12.3. The van der Waals surface area contributed by atoms with E-state index in [0.29, 0.717) is 23.0 Å². The Morgan fingerprint density at radius 2 is 1.52 bits per heavy atom. The molecule has 0 amide bonds. The van der Waals surface area contributed by atoms with E-state index in [1.165, 1.54) is 16.7 Å². The van der Waals surface area contributed by atoms with Gasteiger partial charge in [-0.2, -0.15) is 0 Å². The van der Waals surface area contributed by atoms with E-state index in [-0.39, 0.29) is 5.75 Å². The van der Waals surface area contributed by atoms with Crippen molar-refractivity contribution in [3.05, 3.63) is 74.2 Å². The fourth-order valence-corrected chi connectivity index (χ4v) is 3.28. The second-order valence-corrected chi connectivity index (χ2v) is 8.31. The first-order valence-corrected chi connectivity index (χ1v) is 10.4. The number of hydrogen-bond donors (Lipinski definition) is 1. The summed E-state index contributed by atoms with van der Waals surface area (Å²) in [5.41, 5.74) is 6.38. The van der Waals surface area contributed by atoms with Gasteiger partial charge in [0.05, 0.1) is 10.9 Å². The van der Waals surface area contributed by atoms with Crippen LogP contribution in [0.4, 0.5) is 0 Å². The third kappa shape index (κ3) is 6.49. The molecule has 0 aliphatic rings. The largest absolute Gasteiger partial charge is 0.507 e. The van der Waals surface area contributed by atoms with Crippen LogP contribution in [0.25, 0.3) is 11.0 Å².